The minimum Gasteiger partial charge on any atom is -0.487 e. The van der Waals surface area contributed by atoms with Crippen molar-refractivity contribution in [2.75, 3.05) is 12.8 Å². The number of amides is 1. The van der Waals surface area contributed by atoms with Crippen molar-refractivity contribution in [2.45, 2.75) is 30.7 Å². The van der Waals surface area contributed by atoms with Gasteiger partial charge in [0.1, 0.15) is 21.9 Å². The molecule has 0 fully saturated rings. The molecule has 1 unspecified atom stereocenters. The highest BCUT2D eigenvalue weighted by atomic mass is 32.2. The predicted molar refractivity (Wildman–Crippen MR) is 111 cm³/mol. The first-order valence-corrected chi connectivity index (χ1v) is 11.0. The second-order valence-corrected chi connectivity index (χ2v) is 8.54. The largest absolute Gasteiger partial charge is 0.487 e. The molecule has 4 rings (SSSR count). The predicted octanol–water partition coefficient (Wildman–Crippen LogP) is 3.67. The van der Waals surface area contributed by atoms with Gasteiger partial charge < -0.3 is 10.1 Å². The van der Waals surface area contributed by atoms with Crippen molar-refractivity contribution in [1.29, 1.82) is 0 Å². The molecule has 144 valence electrons. The van der Waals surface area contributed by atoms with Crippen LogP contribution in [0.25, 0.3) is 11.4 Å². The van der Waals surface area contributed by atoms with E-state index in [0.29, 0.717) is 18.1 Å². The van der Waals surface area contributed by atoms with Crippen LogP contribution in [0.4, 0.5) is 0 Å². The maximum Gasteiger partial charge on any atom is 0.270 e. The highest BCUT2D eigenvalue weighted by Gasteiger charge is 2.27. The van der Waals surface area contributed by atoms with Crippen LogP contribution in [0.3, 0.4) is 0 Å². The van der Waals surface area contributed by atoms with Gasteiger partial charge in [-0.2, -0.15) is 0 Å². The molecule has 0 spiro atoms. The second-order valence-electron chi connectivity index (χ2n) is 6.62. The molecule has 6 nitrogen and oxygen atoms in total. The first kappa shape index (κ1) is 18.9. The summed E-state index contributed by atoms with van der Waals surface area (Å²) in [6.07, 6.45) is 2.56. The Morgan fingerprint density at radius 3 is 2.79 bits per heavy atom. The molecule has 1 N–H and O–H groups in total. The van der Waals surface area contributed by atoms with E-state index in [1.807, 2.05) is 38.3 Å². The van der Waals surface area contributed by atoms with E-state index in [2.05, 4.69) is 26.3 Å². The number of thioether (sulfide) groups is 1. The first-order chi connectivity index (χ1) is 13.5. The number of carbonyl (C=O) groups is 1. The van der Waals surface area contributed by atoms with Crippen LogP contribution in [0.15, 0.2) is 34.0 Å². The third-order valence-corrected chi connectivity index (χ3v) is 6.30. The van der Waals surface area contributed by atoms with Crippen LogP contribution in [-0.4, -0.2) is 39.8 Å². The number of thiazole rings is 1. The lowest BCUT2D eigenvalue weighted by molar-refractivity contribution is 0.0929. The van der Waals surface area contributed by atoms with Gasteiger partial charge >= 0.3 is 0 Å². The minimum absolute atomic E-state index is 0.121. The fourth-order valence-electron chi connectivity index (χ4n) is 3.23. The number of aromatic nitrogens is 3. The van der Waals surface area contributed by atoms with Gasteiger partial charge in [0.05, 0.1) is 12.1 Å². The van der Waals surface area contributed by atoms with E-state index in [-0.39, 0.29) is 12.0 Å². The number of benzene rings is 1. The molecule has 1 aromatic carbocycles. The van der Waals surface area contributed by atoms with Crippen molar-refractivity contribution in [3.8, 4) is 17.1 Å². The number of rotatable bonds is 5. The molecular formula is C20H20N4O2S2. The second kappa shape index (κ2) is 7.89. The summed E-state index contributed by atoms with van der Waals surface area (Å²) in [7, 11) is 0. The zero-order valence-electron chi connectivity index (χ0n) is 15.9. The molecule has 0 bridgehead atoms. The van der Waals surface area contributed by atoms with Crippen LogP contribution in [0, 0.1) is 13.8 Å². The Kier molecular flexibility index (Phi) is 5.32. The topological polar surface area (TPSA) is 77.0 Å². The number of nitrogens with one attached hydrogen (secondary N) is 1. The maximum absolute atomic E-state index is 12.3. The molecule has 1 aliphatic rings. The SMILES string of the molecule is CSc1nc(C(=O)NCC2Cc3cccc(-c4nc(C)cc(C)n4)c3O2)cs1. The Morgan fingerprint density at radius 2 is 2.07 bits per heavy atom. The minimum atomic E-state index is -0.172. The van der Waals surface area contributed by atoms with Gasteiger partial charge in [-0.25, -0.2) is 15.0 Å². The van der Waals surface area contributed by atoms with E-state index >= 15 is 0 Å². The van der Waals surface area contributed by atoms with Gasteiger partial charge in [0.2, 0.25) is 0 Å². The quantitative estimate of drug-likeness (QED) is 0.645. The van der Waals surface area contributed by atoms with Gasteiger partial charge in [-0.1, -0.05) is 23.9 Å². The van der Waals surface area contributed by atoms with Crippen LogP contribution in [0.1, 0.15) is 27.4 Å². The molecule has 0 aliphatic carbocycles. The summed E-state index contributed by atoms with van der Waals surface area (Å²) >= 11 is 3.01. The van der Waals surface area contributed by atoms with E-state index in [9.17, 15) is 4.79 Å². The van der Waals surface area contributed by atoms with Crippen LogP contribution in [0.2, 0.25) is 0 Å². The van der Waals surface area contributed by atoms with Crippen LogP contribution >= 0.6 is 23.1 Å². The van der Waals surface area contributed by atoms with Crippen LogP contribution in [0.5, 0.6) is 5.75 Å². The first-order valence-electron chi connectivity index (χ1n) is 8.92. The number of ether oxygens (including phenoxy) is 1. The molecule has 0 saturated carbocycles. The zero-order valence-corrected chi connectivity index (χ0v) is 17.5. The lowest BCUT2D eigenvalue weighted by Crippen LogP contribution is -2.34. The lowest BCUT2D eigenvalue weighted by Gasteiger charge is -2.13. The molecule has 2 aromatic heterocycles. The Bertz CT molecular complexity index is 1010. The number of aryl methyl sites for hydroxylation is 2. The summed E-state index contributed by atoms with van der Waals surface area (Å²) < 4.78 is 7.05. The highest BCUT2D eigenvalue weighted by molar-refractivity contribution is 8.00. The number of hydrogen-bond donors (Lipinski definition) is 1. The molecular weight excluding hydrogens is 392 g/mol. The summed E-state index contributed by atoms with van der Waals surface area (Å²) in [6, 6.07) is 7.98. The molecule has 1 atom stereocenters. The van der Waals surface area contributed by atoms with Gasteiger partial charge in [0.25, 0.3) is 5.91 Å². The summed E-state index contributed by atoms with van der Waals surface area (Å²) in [5, 5.41) is 4.71. The van der Waals surface area contributed by atoms with Crippen molar-refractivity contribution in [2.24, 2.45) is 0 Å². The zero-order chi connectivity index (χ0) is 19.7. The van der Waals surface area contributed by atoms with E-state index < -0.39 is 0 Å². The van der Waals surface area contributed by atoms with Crippen molar-refractivity contribution in [3.05, 3.63) is 52.3 Å². The van der Waals surface area contributed by atoms with E-state index in [4.69, 9.17) is 4.74 Å². The summed E-state index contributed by atoms with van der Waals surface area (Å²) in [4.78, 5) is 25.7. The maximum atomic E-state index is 12.3. The monoisotopic (exact) mass is 412 g/mol. The van der Waals surface area contributed by atoms with Crippen molar-refractivity contribution in [3.63, 3.8) is 0 Å². The van der Waals surface area contributed by atoms with Crippen molar-refractivity contribution in [1.82, 2.24) is 20.3 Å². The number of nitrogens with zero attached hydrogens (tertiary/aromatic N) is 3. The molecule has 1 amide bonds. The van der Waals surface area contributed by atoms with Crippen LogP contribution in [-0.2, 0) is 6.42 Å². The van der Waals surface area contributed by atoms with Crippen molar-refractivity contribution < 1.29 is 9.53 Å². The number of carbonyl (C=O) groups excluding carboxylic acids is 1. The molecule has 1 aliphatic heterocycles. The molecule has 3 heterocycles. The van der Waals surface area contributed by atoms with E-state index in [1.165, 1.54) is 23.1 Å². The van der Waals surface area contributed by atoms with Crippen LogP contribution < -0.4 is 10.1 Å². The molecule has 0 radical (unpaired) electrons. The average Bonchev–Trinajstić information content (AvgIpc) is 3.31. The Labute approximate surface area is 171 Å². The van der Waals surface area contributed by atoms with E-state index in [0.717, 1.165) is 39.0 Å². The normalized spacial score (nSPS) is 15.2. The van der Waals surface area contributed by atoms with Gasteiger partial charge in [-0.05, 0) is 37.8 Å². The standard InChI is InChI=1S/C20H20N4O2S2/c1-11-7-12(2)23-18(22-11)15-6-4-5-13-8-14(26-17(13)15)9-21-19(25)16-10-28-20(24-16)27-3/h4-7,10,14H,8-9H2,1-3H3,(H,21,25). The average molecular weight is 413 g/mol. The fraction of sp³-hybridized carbons (Fsp3) is 0.300. The van der Waals surface area contributed by atoms with Gasteiger partial charge in [0, 0.05) is 23.2 Å². The van der Waals surface area contributed by atoms with Gasteiger partial charge in [-0.3, -0.25) is 4.79 Å². The summed E-state index contributed by atoms with van der Waals surface area (Å²) in [5.41, 5.74) is 4.30. The number of fused-ring (bicyclic) bond motifs is 1. The smallest absolute Gasteiger partial charge is 0.270 e. The molecule has 3 aromatic rings. The summed E-state index contributed by atoms with van der Waals surface area (Å²) in [5.74, 6) is 1.31. The number of hydrogen-bond acceptors (Lipinski definition) is 7. The Hall–Kier alpha value is -2.45. The Balaban J connectivity index is 1.47. The summed E-state index contributed by atoms with van der Waals surface area (Å²) in [6.45, 7) is 4.34. The molecule has 0 saturated heterocycles. The Morgan fingerprint density at radius 1 is 1.29 bits per heavy atom. The van der Waals surface area contributed by atoms with E-state index in [1.54, 1.807) is 5.38 Å². The van der Waals surface area contributed by atoms with Gasteiger partial charge in [0.15, 0.2) is 5.82 Å². The third kappa shape index (κ3) is 3.88. The molecule has 8 heteroatoms. The van der Waals surface area contributed by atoms with Gasteiger partial charge in [-0.15, -0.1) is 11.3 Å². The van der Waals surface area contributed by atoms with Crippen molar-refractivity contribution >= 4 is 29.0 Å². The number of para-hydroxylation sites is 1. The lowest BCUT2D eigenvalue weighted by atomic mass is 10.1. The molecule has 28 heavy (non-hydrogen) atoms. The third-order valence-electron chi connectivity index (χ3n) is 4.43. The fourth-order valence-corrected chi connectivity index (χ4v) is 4.47. The highest BCUT2D eigenvalue weighted by Crippen LogP contribution is 2.37.